The molecule has 0 aliphatic heterocycles. The number of nitrogens with two attached hydrogens (primary N) is 1. The van der Waals surface area contributed by atoms with E-state index in [0.29, 0.717) is 0 Å². The maximum absolute atomic E-state index is 11.0. The Bertz CT molecular complexity index is 528. The number of nitro groups is 1. The standard InChI is InChI=1S/C6H4Br2N2O4S/c7-3-1-4(8)6(15(9,13)14)2-5(3)10(11)12/h1-2H,(H2,9,13,14). The van der Waals surface area contributed by atoms with E-state index in [4.69, 9.17) is 5.14 Å². The van der Waals surface area contributed by atoms with Gasteiger partial charge in [0.1, 0.15) is 4.90 Å². The minimum absolute atomic E-state index is 0.169. The number of benzene rings is 1. The SMILES string of the molecule is NS(=O)(=O)c1cc([N+](=O)[O-])c(Br)cc1Br. The van der Waals surface area contributed by atoms with Gasteiger partial charge >= 0.3 is 0 Å². The molecule has 0 unspecified atom stereocenters. The zero-order valence-electron chi connectivity index (χ0n) is 6.98. The van der Waals surface area contributed by atoms with E-state index in [-0.39, 0.29) is 19.5 Å². The van der Waals surface area contributed by atoms with Gasteiger partial charge in [0.15, 0.2) is 0 Å². The predicted molar refractivity (Wildman–Crippen MR) is 59.9 cm³/mol. The van der Waals surface area contributed by atoms with Crippen LogP contribution < -0.4 is 5.14 Å². The Labute approximate surface area is 102 Å². The average Bonchev–Trinajstić information content (AvgIpc) is 2.00. The first kappa shape index (κ1) is 12.6. The van der Waals surface area contributed by atoms with Crippen LogP contribution in [-0.2, 0) is 10.0 Å². The molecule has 0 spiro atoms. The number of nitro benzene ring substituents is 1. The van der Waals surface area contributed by atoms with Crippen molar-refractivity contribution in [1.82, 2.24) is 0 Å². The summed E-state index contributed by atoms with van der Waals surface area (Å²) in [5.74, 6) is 0. The minimum atomic E-state index is -3.98. The molecule has 9 heteroatoms. The lowest BCUT2D eigenvalue weighted by atomic mass is 10.3. The second-order valence-electron chi connectivity index (χ2n) is 2.54. The normalized spacial score (nSPS) is 11.4. The highest BCUT2D eigenvalue weighted by atomic mass is 79.9. The molecule has 0 atom stereocenters. The summed E-state index contributed by atoms with van der Waals surface area (Å²) in [6.07, 6.45) is 0. The van der Waals surface area contributed by atoms with Gasteiger partial charge < -0.3 is 0 Å². The molecule has 0 saturated heterocycles. The number of nitrogens with zero attached hydrogens (tertiary/aromatic N) is 1. The fraction of sp³-hybridized carbons (Fsp3) is 0. The molecular weight excluding hydrogens is 356 g/mol. The number of sulfonamides is 1. The lowest BCUT2D eigenvalue weighted by molar-refractivity contribution is -0.385. The first-order valence-corrected chi connectivity index (χ1v) is 6.53. The third kappa shape index (κ3) is 2.74. The van der Waals surface area contributed by atoms with Crippen LogP contribution in [0.2, 0.25) is 0 Å². The highest BCUT2D eigenvalue weighted by Gasteiger charge is 2.21. The summed E-state index contributed by atoms with van der Waals surface area (Å²) >= 11 is 5.90. The van der Waals surface area contributed by atoms with Crippen LogP contribution in [-0.4, -0.2) is 13.3 Å². The highest BCUT2D eigenvalue weighted by molar-refractivity contribution is 9.11. The molecule has 2 N–H and O–H groups in total. The smallest absolute Gasteiger partial charge is 0.258 e. The van der Waals surface area contributed by atoms with Crippen molar-refractivity contribution in [3.63, 3.8) is 0 Å². The van der Waals surface area contributed by atoms with E-state index in [0.717, 1.165) is 6.07 Å². The second kappa shape index (κ2) is 4.16. The van der Waals surface area contributed by atoms with E-state index in [9.17, 15) is 18.5 Å². The summed E-state index contributed by atoms with van der Waals surface area (Å²) in [7, 11) is -3.98. The maximum Gasteiger partial charge on any atom is 0.284 e. The van der Waals surface area contributed by atoms with Crippen LogP contribution in [0.4, 0.5) is 5.69 Å². The molecule has 0 aromatic heterocycles. The molecule has 6 nitrogen and oxygen atoms in total. The van der Waals surface area contributed by atoms with Gasteiger partial charge in [0, 0.05) is 10.5 Å². The molecule has 0 aliphatic carbocycles. The van der Waals surface area contributed by atoms with Gasteiger partial charge in [-0.2, -0.15) is 0 Å². The molecule has 0 bridgehead atoms. The predicted octanol–water partition coefficient (Wildman–Crippen LogP) is 1.77. The van der Waals surface area contributed by atoms with Crippen LogP contribution in [0.5, 0.6) is 0 Å². The van der Waals surface area contributed by atoms with Crippen molar-refractivity contribution in [3.8, 4) is 0 Å². The molecule has 82 valence electrons. The topological polar surface area (TPSA) is 103 Å². The van der Waals surface area contributed by atoms with Gasteiger partial charge in [-0.15, -0.1) is 0 Å². The zero-order chi connectivity index (χ0) is 11.8. The van der Waals surface area contributed by atoms with E-state index in [2.05, 4.69) is 31.9 Å². The Kier molecular flexibility index (Phi) is 3.48. The van der Waals surface area contributed by atoms with E-state index >= 15 is 0 Å². The fourth-order valence-corrected chi connectivity index (χ4v) is 3.30. The number of primary sulfonamides is 1. The quantitative estimate of drug-likeness (QED) is 0.641. The van der Waals surface area contributed by atoms with E-state index in [1.165, 1.54) is 6.07 Å². The van der Waals surface area contributed by atoms with Crippen LogP contribution in [0.15, 0.2) is 26.0 Å². The minimum Gasteiger partial charge on any atom is -0.258 e. The summed E-state index contributed by atoms with van der Waals surface area (Å²) in [5.41, 5.74) is -0.359. The van der Waals surface area contributed by atoms with Crippen molar-refractivity contribution in [2.24, 2.45) is 5.14 Å². The fourth-order valence-electron chi connectivity index (χ4n) is 0.876. The monoisotopic (exact) mass is 358 g/mol. The Hall–Kier alpha value is -0.510. The van der Waals surface area contributed by atoms with Crippen molar-refractivity contribution in [2.45, 2.75) is 4.90 Å². The molecule has 0 radical (unpaired) electrons. The van der Waals surface area contributed by atoms with Crippen LogP contribution in [0.1, 0.15) is 0 Å². The van der Waals surface area contributed by atoms with Gasteiger partial charge in [-0.1, -0.05) is 0 Å². The third-order valence-electron chi connectivity index (χ3n) is 1.50. The Balaban J connectivity index is 3.58. The molecule has 1 aromatic rings. The number of halogens is 2. The molecule has 0 amide bonds. The molecular formula is C6H4Br2N2O4S. The Morgan fingerprint density at radius 2 is 1.80 bits per heavy atom. The van der Waals surface area contributed by atoms with Crippen molar-refractivity contribution in [1.29, 1.82) is 0 Å². The van der Waals surface area contributed by atoms with E-state index < -0.39 is 14.9 Å². The third-order valence-corrected chi connectivity index (χ3v) is 4.01. The number of hydrogen-bond donors (Lipinski definition) is 1. The first-order chi connectivity index (χ1) is 6.73. The van der Waals surface area contributed by atoms with Crippen molar-refractivity contribution < 1.29 is 13.3 Å². The molecule has 15 heavy (non-hydrogen) atoms. The van der Waals surface area contributed by atoms with E-state index in [1.54, 1.807) is 0 Å². The van der Waals surface area contributed by atoms with Gasteiger partial charge in [0.05, 0.1) is 9.40 Å². The zero-order valence-corrected chi connectivity index (χ0v) is 11.0. The van der Waals surface area contributed by atoms with Crippen LogP contribution in [0.3, 0.4) is 0 Å². The van der Waals surface area contributed by atoms with Crippen molar-refractivity contribution in [2.75, 3.05) is 0 Å². The molecule has 1 rings (SSSR count). The Morgan fingerprint density at radius 1 is 1.27 bits per heavy atom. The molecule has 1 aromatic carbocycles. The van der Waals surface area contributed by atoms with Crippen molar-refractivity contribution in [3.05, 3.63) is 31.2 Å². The lowest BCUT2D eigenvalue weighted by Crippen LogP contribution is -2.13. The summed E-state index contributed by atoms with van der Waals surface area (Å²) < 4.78 is 22.4. The van der Waals surface area contributed by atoms with Crippen LogP contribution in [0.25, 0.3) is 0 Å². The van der Waals surface area contributed by atoms with Gasteiger partial charge in [0.25, 0.3) is 5.69 Å². The summed E-state index contributed by atoms with van der Waals surface area (Å²) in [6, 6.07) is 2.15. The molecule has 0 fully saturated rings. The number of hydrogen-bond acceptors (Lipinski definition) is 4. The van der Waals surface area contributed by atoms with Gasteiger partial charge in [-0.05, 0) is 37.9 Å². The summed E-state index contributed by atoms with van der Waals surface area (Å²) in [6.45, 7) is 0. The second-order valence-corrected chi connectivity index (χ2v) is 5.77. The average molecular weight is 360 g/mol. The Morgan fingerprint density at radius 3 is 2.20 bits per heavy atom. The van der Waals surface area contributed by atoms with Crippen molar-refractivity contribution >= 4 is 47.6 Å². The van der Waals surface area contributed by atoms with Gasteiger partial charge in [-0.3, -0.25) is 10.1 Å². The van der Waals surface area contributed by atoms with Crippen LogP contribution in [0, 0.1) is 10.1 Å². The highest BCUT2D eigenvalue weighted by Crippen LogP contribution is 2.32. The van der Waals surface area contributed by atoms with Gasteiger partial charge in [0.2, 0.25) is 10.0 Å². The lowest BCUT2D eigenvalue weighted by Gasteiger charge is -2.02. The first-order valence-electron chi connectivity index (χ1n) is 3.39. The summed E-state index contributed by atoms with van der Waals surface area (Å²) in [4.78, 5) is 9.51. The molecule has 0 aliphatic rings. The largest absolute Gasteiger partial charge is 0.284 e. The molecule has 0 heterocycles. The van der Waals surface area contributed by atoms with Crippen LogP contribution >= 0.6 is 31.9 Å². The number of rotatable bonds is 2. The van der Waals surface area contributed by atoms with Gasteiger partial charge in [-0.25, -0.2) is 13.6 Å². The maximum atomic E-state index is 11.0. The molecule has 0 saturated carbocycles. The summed E-state index contributed by atoms with van der Waals surface area (Å²) in [5, 5.41) is 15.4. The van der Waals surface area contributed by atoms with E-state index in [1.807, 2.05) is 0 Å².